The molecular formula is C16H19ClN2. The zero-order valence-corrected chi connectivity index (χ0v) is 12.1. The summed E-state index contributed by atoms with van der Waals surface area (Å²) in [5, 5.41) is 3.99. The molecule has 0 amide bonds. The SMILES string of the molecule is CNCc1ccccc1N(C)Cc1ccc(Cl)cc1. The van der Waals surface area contributed by atoms with Gasteiger partial charge in [-0.05, 0) is 36.4 Å². The van der Waals surface area contributed by atoms with Gasteiger partial charge in [0.25, 0.3) is 0 Å². The molecule has 0 spiro atoms. The first kappa shape index (κ1) is 13.9. The second-order valence-electron chi connectivity index (χ2n) is 4.64. The molecule has 0 aromatic heterocycles. The zero-order valence-electron chi connectivity index (χ0n) is 11.4. The molecule has 0 saturated heterocycles. The first-order valence-electron chi connectivity index (χ1n) is 6.39. The Morgan fingerprint density at radius 2 is 1.74 bits per heavy atom. The van der Waals surface area contributed by atoms with Crippen molar-refractivity contribution in [2.45, 2.75) is 13.1 Å². The molecule has 0 atom stereocenters. The number of halogens is 1. The molecule has 0 radical (unpaired) electrons. The van der Waals surface area contributed by atoms with Gasteiger partial charge in [-0.2, -0.15) is 0 Å². The first-order valence-corrected chi connectivity index (χ1v) is 6.76. The third kappa shape index (κ3) is 3.72. The zero-order chi connectivity index (χ0) is 13.7. The normalized spacial score (nSPS) is 10.5. The molecule has 2 aromatic carbocycles. The molecule has 0 fully saturated rings. The van der Waals surface area contributed by atoms with Gasteiger partial charge in [-0.1, -0.05) is 41.9 Å². The van der Waals surface area contributed by atoms with Crippen LogP contribution in [0.25, 0.3) is 0 Å². The van der Waals surface area contributed by atoms with Gasteiger partial charge in [-0.15, -0.1) is 0 Å². The average Bonchev–Trinajstić information content (AvgIpc) is 2.42. The summed E-state index contributed by atoms with van der Waals surface area (Å²) in [4.78, 5) is 2.26. The van der Waals surface area contributed by atoms with Crippen LogP contribution in [-0.4, -0.2) is 14.1 Å². The Morgan fingerprint density at radius 1 is 1.05 bits per heavy atom. The maximum Gasteiger partial charge on any atom is 0.0426 e. The minimum absolute atomic E-state index is 0.780. The number of anilines is 1. The Labute approximate surface area is 120 Å². The molecule has 100 valence electrons. The topological polar surface area (TPSA) is 15.3 Å². The van der Waals surface area contributed by atoms with Crippen molar-refractivity contribution in [3.8, 4) is 0 Å². The number of hydrogen-bond donors (Lipinski definition) is 1. The monoisotopic (exact) mass is 274 g/mol. The van der Waals surface area contributed by atoms with Crippen LogP contribution >= 0.6 is 11.6 Å². The largest absolute Gasteiger partial charge is 0.370 e. The second-order valence-corrected chi connectivity index (χ2v) is 5.08. The van der Waals surface area contributed by atoms with Crippen LogP contribution < -0.4 is 10.2 Å². The van der Waals surface area contributed by atoms with E-state index in [9.17, 15) is 0 Å². The van der Waals surface area contributed by atoms with E-state index in [2.05, 4.69) is 53.7 Å². The van der Waals surface area contributed by atoms with Crippen molar-refractivity contribution in [2.24, 2.45) is 0 Å². The fraction of sp³-hybridized carbons (Fsp3) is 0.250. The molecular weight excluding hydrogens is 256 g/mol. The molecule has 2 aromatic rings. The molecule has 0 saturated carbocycles. The fourth-order valence-electron chi connectivity index (χ4n) is 2.17. The van der Waals surface area contributed by atoms with Gasteiger partial charge < -0.3 is 10.2 Å². The van der Waals surface area contributed by atoms with E-state index in [4.69, 9.17) is 11.6 Å². The highest BCUT2D eigenvalue weighted by molar-refractivity contribution is 6.30. The number of nitrogens with one attached hydrogen (secondary N) is 1. The van der Waals surface area contributed by atoms with Crippen molar-refractivity contribution in [1.82, 2.24) is 5.32 Å². The summed E-state index contributed by atoms with van der Waals surface area (Å²) in [5.41, 5.74) is 3.82. The van der Waals surface area contributed by atoms with E-state index in [0.29, 0.717) is 0 Å². The number of rotatable bonds is 5. The van der Waals surface area contributed by atoms with Gasteiger partial charge in [0.05, 0.1) is 0 Å². The van der Waals surface area contributed by atoms with Crippen LogP contribution in [0.5, 0.6) is 0 Å². The number of benzene rings is 2. The summed E-state index contributed by atoms with van der Waals surface area (Å²) in [7, 11) is 4.08. The molecule has 0 bridgehead atoms. The van der Waals surface area contributed by atoms with Gasteiger partial charge in [-0.25, -0.2) is 0 Å². The Kier molecular flexibility index (Phi) is 4.83. The predicted molar refractivity (Wildman–Crippen MR) is 82.8 cm³/mol. The lowest BCUT2D eigenvalue weighted by atomic mass is 10.1. The molecule has 19 heavy (non-hydrogen) atoms. The third-order valence-corrected chi connectivity index (χ3v) is 3.36. The van der Waals surface area contributed by atoms with Gasteiger partial charge in [0.2, 0.25) is 0 Å². The van der Waals surface area contributed by atoms with E-state index in [1.54, 1.807) is 0 Å². The lowest BCUT2D eigenvalue weighted by Crippen LogP contribution is -2.19. The van der Waals surface area contributed by atoms with Gasteiger partial charge in [-0.3, -0.25) is 0 Å². The van der Waals surface area contributed by atoms with Crippen molar-refractivity contribution in [3.05, 3.63) is 64.7 Å². The maximum absolute atomic E-state index is 5.91. The molecule has 2 nitrogen and oxygen atoms in total. The highest BCUT2D eigenvalue weighted by atomic mass is 35.5. The molecule has 0 heterocycles. The van der Waals surface area contributed by atoms with E-state index in [0.717, 1.165) is 18.1 Å². The Morgan fingerprint density at radius 3 is 2.42 bits per heavy atom. The predicted octanol–water partition coefficient (Wildman–Crippen LogP) is 3.70. The van der Waals surface area contributed by atoms with Crippen LogP contribution in [0, 0.1) is 0 Å². The highest BCUT2D eigenvalue weighted by Gasteiger charge is 2.06. The summed E-state index contributed by atoms with van der Waals surface area (Å²) in [5.74, 6) is 0. The van der Waals surface area contributed by atoms with E-state index in [-0.39, 0.29) is 0 Å². The lowest BCUT2D eigenvalue weighted by Gasteiger charge is -2.22. The second kappa shape index (κ2) is 6.60. The van der Waals surface area contributed by atoms with E-state index < -0.39 is 0 Å². The Hall–Kier alpha value is -1.51. The molecule has 2 rings (SSSR count). The minimum Gasteiger partial charge on any atom is -0.370 e. The molecule has 1 N–H and O–H groups in total. The first-order chi connectivity index (χ1) is 9.20. The van der Waals surface area contributed by atoms with Crippen molar-refractivity contribution in [3.63, 3.8) is 0 Å². The van der Waals surface area contributed by atoms with Crippen molar-refractivity contribution < 1.29 is 0 Å². The van der Waals surface area contributed by atoms with Gasteiger partial charge >= 0.3 is 0 Å². The molecule has 3 heteroatoms. The van der Waals surface area contributed by atoms with Crippen molar-refractivity contribution in [1.29, 1.82) is 0 Å². The fourth-order valence-corrected chi connectivity index (χ4v) is 2.30. The summed E-state index contributed by atoms with van der Waals surface area (Å²) in [6.07, 6.45) is 0. The average molecular weight is 275 g/mol. The summed E-state index contributed by atoms with van der Waals surface area (Å²) in [6.45, 7) is 1.75. The van der Waals surface area contributed by atoms with Crippen LogP contribution in [0.1, 0.15) is 11.1 Å². The number of para-hydroxylation sites is 1. The van der Waals surface area contributed by atoms with Gasteiger partial charge in [0.1, 0.15) is 0 Å². The molecule has 0 unspecified atom stereocenters. The highest BCUT2D eigenvalue weighted by Crippen LogP contribution is 2.21. The van der Waals surface area contributed by atoms with Gasteiger partial charge in [0, 0.05) is 30.8 Å². The summed E-state index contributed by atoms with van der Waals surface area (Å²) >= 11 is 5.91. The van der Waals surface area contributed by atoms with Crippen LogP contribution in [0.15, 0.2) is 48.5 Å². The van der Waals surface area contributed by atoms with Crippen LogP contribution in [0.2, 0.25) is 5.02 Å². The van der Waals surface area contributed by atoms with Crippen molar-refractivity contribution >= 4 is 17.3 Å². The number of nitrogens with zero attached hydrogens (tertiary/aromatic N) is 1. The van der Waals surface area contributed by atoms with Crippen LogP contribution in [0.4, 0.5) is 5.69 Å². The maximum atomic E-state index is 5.91. The third-order valence-electron chi connectivity index (χ3n) is 3.10. The minimum atomic E-state index is 0.780. The molecule has 0 aliphatic heterocycles. The number of hydrogen-bond acceptors (Lipinski definition) is 2. The molecule has 0 aliphatic carbocycles. The van der Waals surface area contributed by atoms with E-state index >= 15 is 0 Å². The summed E-state index contributed by atoms with van der Waals surface area (Å²) in [6, 6.07) is 16.5. The smallest absolute Gasteiger partial charge is 0.0426 e. The van der Waals surface area contributed by atoms with Crippen LogP contribution in [-0.2, 0) is 13.1 Å². The molecule has 0 aliphatic rings. The standard InChI is InChI=1S/C16H19ClN2/c1-18-11-14-5-3-4-6-16(14)19(2)12-13-7-9-15(17)10-8-13/h3-10,18H,11-12H2,1-2H3. The lowest BCUT2D eigenvalue weighted by molar-refractivity contribution is 0.805. The van der Waals surface area contributed by atoms with Crippen LogP contribution in [0.3, 0.4) is 0 Å². The Bertz CT molecular complexity index is 523. The summed E-state index contributed by atoms with van der Waals surface area (Å²) < 4.78 is 0. The Balaban J connectivity index is 2.15. The van der Waals surface area contributed by atoms with Crippen molar-refractivity contribution in [2.75, 3.05) is 19.0 Å². The van der Waals surface area contributed by atoms with E-state index in [1.165, 1.54) is 16.8 Å². The quantitative estimate of drug-likeness (QED) is 0.894. The van der Waals surface area contributed by atoms with E-state index in [1.807, 2.05) is 19.2 Å². The van der Waals surface area contributed by atoms with Gasteiger partial charge in [0.15, 0.2) is 0 Å².